The lowest BCUT2D eigenvalue weighted by Crippen LogP contribution is -2.41. The third-order valence-corrected chi connectivity index (χ3v) is 6.52. The second-order valence-corrected chi connectivity index (χ2v) is 8.63. The van der Waals surface area contributed by atoms with Gasteiger partial charge in [0.15, 0.2) is 9.84 Å². The summed E-state index contributed by atoms with van der Waals surface area (Å²) < 4.78 is 36.6. The maximum absolute atomic E-state index is 13.5. The minimum atomic E-state index is -3.00. The molecule has 1 atom stereocenters. The van der Waals surface area contributed by atoms with E-state index in [9.17, 15) is 17.6 Å². The molecule has 0 saturated carbocycles. The highest BCUT2D eigenvalue weighted by molar-refractivity contribution is 7.99. The van der Waals surface area contributed by atoms with Crippen molar-refractivity contribution in [3.8, 4) is 0 Å². The summed E-state index contributed by atoms with van der Waals surface area (Å²) in [7, 11) is -3.00. The van der Waals surface area contributed by atoms with Crippen molar-refractivity contribution in [2.75, 3.05) is 23.8 Å². The molecule has 122 valence electrons. The Labute approximate surface area is 135 Å². The lowest BCUT2D eigenvalue weighted by atomic mass is 10.2. The van der Waals surface area contributed by atoms with E-state index in [4.69, 9.17) is 0 Å². The van der Waals surface area contributed by atoms with Crippen LogP contribution in [-0.2, 0) is 14.6 Å². The maximum Gasteiger partial charge on any atom is 0.223 e. The van der Waals surface area contributed by atoms with Gasteiger partial charge in [-0.2, -0.15) is 0 Å². The number of hydrogen-bond donors (Lipinski definition) is 0. The van der Waals surface area contributed by atoms with Crippen LogP contribution < -0.4 is 0 Å². The maximum atomic E-state index is 13.5. The van der Waals surface area contributed by atoms with Gasteiger partial charge in [0.05, 0.1) is 11.5 Å². The summed E-state index contributed by atoms with van der Waals surface area (Å²) in [5.41, 5.74) is 0. The Morgan fingerprint density at radius 1 is 1.41 bits per heavy atom. The minimum absolute atomic E-state index is 0.0616. The van der Waals surface area contributed by atoms with Crippen molar-refractivity contribution in [2.45, 2.75) is 30.7 Å². The number of hydrogen-bond acceptors (Lipinski definition) is 4. The summed E-state index contributed by atoms with van der Waals surface area (Å²) in [4.78, 5) is 14.4. The molecule has 1 saturated heterocycles. The van der Waals surface area contributed by atoms with Gasteiger partial charge in [-0.25, -0.2) is 12.8 Å². The molecule has 7 heteroatoms. The van der Waals surface area contributed by atoms with Gasteiger partial charge >= 0.3 is 0 Å². The van der Waals surface area contributed by atoms with E-state index < -0.39 is 9.84 Å². The van der Waals surface area contributed by atoms with Crippen LogP contribution in [0.5, 0.6) is 0 Å². The first kappa shape index (κ1) is 17.3. The summed E-state index contributed by atoms with van der Waals surface area (Å²) >= 11 is 1.30. The fourth-order valence-electron chi connectivity index (χ4n) is 2.61. The second kappa shape index (κ2) is 7.46. The number of halogens is 1. The number of nitrogens with zero attached hydrogens (tertiary/aromatic N) is 1. The Bertz CT molecular complexity index is 633. The first-order valence-electron chi connectivity index (χ1n) is 7.30. The van der Waals surface area contributed by atoms with Crippen molar-refractivity contribution in [3.63, 3.8) is 0 Å². The first-order chi connectivity index (χ1) is 10.4. The SMILES string of the molecule is CCN(C(=O)CCSc1ccccc1F)C1CCS(=O)(=O)C1. The molecule has 1 aliphatic heterocycles. The number of carbonyl (C=O) groups excluding carboxylic acids is 1. The number of amides is 1. The highest BCUT2D eigenvalue weighted by Crippen LogP contribution is 2.23. The predicted molar refractivity (Wildman–Crippen MR) is 86.2 cm³/mol. The molecule has 1 aromatic carbocycles. The quantitative estimate of drug-likeness (QED) is 0.743. The van der Waals surface area contributed by atoms with E-state index in [2.05, 4.69) is 0 Å². The van der Waals surface area contributed by atoms with Crippen molar-refractivity contribution < 1.29 is 17.6 Å². The summed E-state index contributed by atoms with van der Waals surface area (Å²) in [6.45, 7) is 2.36. The average molecular weight is 345 g/mol. The van der Waals surface area contributed by atoms with Gasteiger partial charge in [-0.1, -0.05) is 12.1 Å². The van der Waals surface area contributed by atoms with Crippen molar-refractivity contribution in [2.24, 2.45) is 0 Å². The van der Waals surface area contributed by atoms with Crippen molar-refractivity contribution in [1.82, 2.24) is 4.90 Å². The molecule has 0 aromatic heterocycles. The number of benzene rings is 1. The zero-order chi connectivity index (χ0) is 16.2. The van der Waals surface area contributed by atoms with Gasteiger partial charge in [-0.05, 0) is 25.5 Å². The molecule has 0 bridgehead atoms. The summed E-state index contributed by atoms with van der Waals surface area (Å²) in [6, 6.07) is 6.26. The summed E-state index contributed by atoms with van der Waals surface area (Å²) in [5, 5.41) is 0. The molecule has 2 rings (SSSR count). The highest BCUT2D eigenvalue weighted by atomic mass is 32.2. The zero-order valence-electron chi connectivity index (χ0n) is 12.5. The fraction of sp³-hybridized carbons (Fsp3) is 0.533. The smallest absolute Gasteiger partial charge is 0.223 e. The minimum Gasteiger partial charge on any atom is -0.339 e. The fourth-order valence-corrected chi connectivity index (χ4v) is 5.22. The molecule has 1 heterocycles. The van der Waals surface area contributed by atoms with Crippen LogP contribution in [0.1, 0.15) is 19.8 Å². The standard InChI is InChI=1S/C15H20FNO3S2/c1-2-17(12-8-10-22(19,20)11-12)15(18)7-9-21-14-6-4-3-5-13(14)16/h3-6,12H,2,7-11H2,1H3. The van der Waals surface area contributed by atoms with Crippen molar-refractivity contribution in [3.05, 3.63) is 30.1 Å². The van der Waals surface area contributed by atoms with E-state index in [0.29, 0.717) is 23.6 Å². The molecule has 22 heavy (non-hydrogen) atoms. The van der Waals surface area contributed by atoms with Gasteiger partial charge in [0.25, 0.3) is 0 Å². The topological polar surface area (TPSA) is 54.5 Å². The van der Waals surface area contributed by atoms with Gasteiger partial charge in [0.2, 0.25) is 5.91 Å². The second-order valence-electron chi connectivity index (χ2n) is 5.27. The Kier molecular flexibility index (Phi) is 5.86. The Hall–Kier alpha value is -1.08. The van der Waals surface area contributed by atoms with Gasteiger partial charge in [0.1, 0.15) is 5.82 Å². The van der Waals surface area contributed by atoms with Crippen LogP contribution in [0.2, 0.25) is 0 Å². The normalized spacial score (nSPS) is 20.0. The van der Waals surface area contributed by atoms with E-state index in [0.717, 1.165) is 0 Å². The molecule has 1 amide bonds. The molecular weight excluding hydrogens is 325 g/mol. The van der Waals surface area contributed by atoms with Gasteiger partial charge in [-0.3, -0.25) is 4.79 Å². The molecule has 0 radical (unpaired) electrons. The van der Waals surface area contributed by atoms with Crippen LogP contribution >= 0.6 is 11.8 Å². The molecule has 1 fully saturated rings. The van der Waals surface area contributed by atoms with E-state index >= 15 is 0 Å². The third kappa shape index (κ3) is 4.46. The van der Waals surface area contributed by atoms with Gasteiger partial charge < -0.3 is 4.90 Å². The third-order valence-electron chi connectivity index (χ3n) is 3.72. The van der Waals surface area contributed by atoms with E-state index in [1.165, 1.54) is 17.8 Å². The van der Waals surface area contributed by atoms with Crippen LogP contribution in [0.3, 0.4) is 0 Å². The van der Waals surface area contributed by atoms with E-state index in [-0.39, 0.29) is 35.7 Å². The molecule has 1 aromatic rings. The molecule has 1 unspecified atom stereocenters. The zero-order valence-corrected chi connectivity index (χ0v) is 14.1. The largest absolute Gasteiger partial charge is 0.339 e. The van der Waals surface area contributed by atoms with Crippen LogP contribution in [-0.4, -0.2) is 49.1 Å². The molecule has 4 nitrogen and oxygen atoms in total. The summed E-state index contributed by atoms with van der Waals surface area (Å²) in [6.07, 6.45) is 0.797. The van der Waals surface area contributed by atoms with Crippen LogP contribution in [0.4, 0.5) is 4.39 Å². The first-order valence-corrected chi connectivity index (χ1v) is 10.1. The average Bonchev–Trinajstić information content (AvgIpc) is 2.82. The number of sulfone groups is 1. The van der Waals surface area contributed by atoms with Crippen molar-refractivity contribution in [1.29, 1.82) is 0 Å². The number of carbonyl (C=O) groups is 1. The van der Waals surface area contributed by atoms with Crippen LogP contribution in [0, 0.1) is 5.82 Å². The van der Waals surface area contributed by atoms with Crippen LogP contribution in [0.25, 0.3) is 0 Å². The van der Waals surface area contributed by atoms with Gasteiger partial charge in [-0.15, -0.1) is 11.8 Å². The van der Waals surface area contributed by atoms with Gasteiger partial charge in [0, 0.05) is 29.7 Å². The molecule has 0 N–H and O–H groups in total. The number of rotatable bonds is 6. The Morgan fingerprint density at radius 2 is 2.14 bits per heavy atom. The molecule has 0 spiro atoms. The van der Waals surface area contributed by atoms with E-state index in [1.54, 1.807) is 23.1 Å². The Morgan fingerprint density at radius 3 is 2.73 bits per heavy atom. The van der Waals surface area contributed by atoms with E-state index in [1.807, 2.05) is 6.92 Å². The van der Waals surface area contributed by atoms with Crippen molar-refractivity contribution >= 4 is 27.5 Å². The van der Waals surface area contributed by atoms with Crippen LogP contribution in [0.15, 0.2) is 29.2 Å². The summed E-state index contributed by atoms with van der Waals surface area (Å²) in [5.74, 6) is 0.358. The monoisotopic (exact) mass is 345 g/mol. The molecule has 0 aliphatic carbocycles. The number of thioether (sulfide) groups is 1. The lowest BCUT2D eigenvalue weighted by Gasteiger charge is -2.26. The lowest BCUT2D eigenvalue weighted by molar-refractivity contribution is -0.132. The Balaban J connectivity index is 1.87. The highest BCUT2D eigenvalue weighted by Gasteiger charge is 2.33. The predicted octanol–water partition coefficient (Wildman–Crippen LogP) is 2.34. The molecular formula is C15H20FNO3S2. The molecule has 1 aliphatic rings.